The fourth-order valence-corrected chi connectivity index (χ4v) is 4.30. The van der Waals surface area contributed by atoms with Crippen LogP contribution in [0.4, 0.5) is 0 Å². The average Bonchev–Trinajstić information content (AvgIpc) is 2.89. The van der Waals surface area contributed by atoms with Crippen LogP contribution in [0.2, 0.25) is 0 Å². The third-order valence-corrected chi connectivity index (χ3v) is 5.64. The summed E-state index contributed by atoms with van der Waals surface area (Å²) in [6.45, 7) is 2.63. The number of nitrogens with zero attached hydrogens (tertiary/aromatic N) is 2. The highest BCUT2D eigenvalue weighted by molar-refractivity contribution is 7.89. The predicted molar refractivity (Wildman–Crippen MR) is 74.8 cm³/mol. The third-order valence-electron chi connectivity index (χ3n) is 3.67. The number of sulfonamides is 1. The van der Waals surface area contributed by atoms with E-state index in [9.17, 15) is 8.42 Å². The number of hydrogen-bond donors (Lipinski definition) is 1. The Kier molecular flexibility index (Phi) is 4.53. The van der Waals surface area contributed by atoms with Crippen LogP contribution in [-0.4, -0.2) is 29.4 Å². The zero-order chi connectivity index (χ0) is 13.9. The molecule has 0 amide bonds. The normalized spacial score (nSPS) is 19.5. The van der Waals surface area contributed by atoms with Crippen LogP contribution >= 0.6 is 11.6 Å². The molecule has 1 heterocycles. The Hall–Kier alpha value is -0.590. The summed E-state index contributed by atoms with van der Waals surface area (Å²) in [5.74, 6) is 0.306. The summed E-state index contributed by atoms with van der Waals surface area (Å²) in [5, 5.41) is 0.0735. The molecule has 1 aliphatic rings. The third kappa shape index (κ3) is 3.30. The zero-order valence-electron chi connectivity index (χ0n) is 11.1. The van der Waals surface area contributed by atoms with Gasteiger partial charge in [-0.25, -0.2) is 18.1 Å². The Morgan fingerprint density at radius 2 is 2.11 bits per heavy atom. The molecule has 5 nitrogen and oxygen atoms in total. The monoisotopic (exact) mass is 305 g/mol. The second-order valence-corrected chi connectivity index (χ2v) is 7.02. The van der Waals surface area contributed by atoms with Gasteiger partial charge < -0.3 is 4.57 Å². The molecule has 1 fully saturated rings. The molecule has 19 heavy (non-hydrogen) atoms. The van der Waals surface area contributed by atoms with Crippen LogP contribution in [0.3, 0.4) is 0 Å². The molecule has 0 radical (unpaired) electrons. The molecule has 0 unspecified atom stereocenters. The molecule has 2 rings (SSSR count). The maximum Gasteiger partial charge on any atom is 0.260 e. The Labute approximate surface area is 119 Å². The van der Waals surface area contributed by atoms with Gasteiger partial charge in [-0.1, -0.05) is 19.3 Å². The second-order valence-electron chi connectivity index (χ2n) is 5.12. The SMILES string of the molecule is CCn1cnc(S(=O)(=O)NC2(CCl)CCCCC2)c1. The van der Waals surface area contributed by atoms with E-state index in [1.165, 1.54) is 6.33 Å². The van der Waals surface area contributed by atoms with Crippen molar-refractivity contribution in [3.63, 3.8) is 0 Å². The highest BCUT2D eigenvalue weighted by Gasteiger charge is 2.36. The van der Waals surface area contributed by atoms with Gasteiger partial charge in [0.05, 0.1) is 6.33 Å². The first kappa shape index (κ1) is 14.8. The summed E-state index contributed by atoms with van der Waals surface area (Å²) in [4.78, 5) is 3.96. The van der Waals surface area contributed by atoms with E-state index >= 15 is 0 Å². The standard InChI is InChI=1S/C12H20ClN3O2S/c1-2-16-8-11(14-10-16)19(17,18)15-12(9-13)6-4-3-5-7-12/h8,10,15H,2-7,9H2,1H3. The van der Waals surface area contributed by atoms with Crippen LogP contribution in [0.1, 0.15) is 39.0 Å². The maximum atomic E-state index is 12.3. The molecule has 1 saturated carbocycles. The topological polar surface area (TPSA) is 64.0 Å². The molecular weight excluding hydrogens is 286 g/mol. The molecule has 1 aromatic rings. The number of rotatable bonds is 5. The molecule has 1 N–H and O–H groups in total. The highest BCUT2D eigenvalue weighted by Crippen LogP contribution is 2.30. The summed E-state index contributed by atoms with van der Waals surface area (Å²) in [5.41, 5.74) is -0.505. The van der Waals surface area contributed by atoms with E-state index in [2.05, 4.69) is 9.71 Å². The van der Waals surface area contributed by atoms with Crippen molar-refractivity contribution in [1.82, 2.24) is 14.3 Å². The van der Waals surface area contributed by atoms with Crippen LogP contribution in [0.5, 0.6) is 0 Å². The molecule has 0 aromatic carbocycles. The van der Waals surface area contributed by atoms with E-state index < -0.39 is 15.6 Å². The number of alkyl halides is 1. The van der Waals surface area contributed by atoms with Gasteiger partial charge in [-0.05, 0) is 19.8 Å². The van der Waals surface area contributed by atoms with Gasteiger partial charge in [0.25, 0.3) is 10.0 Å². The Morgan fingerprint density at radius 3 is 2.63 bits per heavy atom. The zero-order valence-corrected chi connectivity index (χ0v) is 12.7. The number of nitrogens with one attached hydrogen (secondary N) is 1. The van der Waals surface area contributed by atoms with Crippen LogP contribution < -0.4 is 4.72 Å². The van der Waals surface area contributed by atoms with E-state index in [0.29, 0.717) is 12.4 Å². The number of imidazole rings is 1. The smallest absolute Gasteiger partial charge is 0.260 e. The molecule has 0 aliphatic heterocycles. The minimum Gasteiger partial charge on any atom is -0.336 e. The molecule has 7 heteroatoms. The Morgan fingerprint density at radius 1 is 1.42 bits per heavy atom. The lowest BCUT2D eigenvalue weighted by Crippen LogP contribution is -2.51. The van der Waals surface area contributed by atoms with Crippen LogP contribution in [0, 0.1) is 0 Å². The van der Waals surface area contributed by atoms with E-state index in [1.54, 1.807) is 10.8 Å². The van der Waals surface area contributed by atoms with Crippen LogP contribution in [0.15, 0.2) is 17.6 Å². The first-order valence-corrected chi connectivity index (χ1v) is 8.65. The van der Waals surface area contributed by atoms with E-state index in [4.69, 9.17) is 11.6 Å². The molecule has 0 spiro atoms. The minimum atomic E-state index is -3.59. The largest absolute Gasteiger partial charge is 0.336 e. The van der Waals surface area contributed by atoms with Gasteiger partial charge in [0, 0.05) is 24.2 Å². The number of aromatic nitrogens is 2. The Balaban J connectivity index is 2.19. The van der Waals surface area contributed by atoms with Gasteiger partial charge in [-0.15, -0.1) is 11.6 Å². The molecule has 0 saturated heterocycles. The molecule has 1 aliphatic carbocycles. The predicted octanol–water partition coefficient (Wildman–Crippen LogP) is 2.12. The van der Waals surface area contributed by atoms with Gasteiger partial charge >= 0.3 is 0 Å². The van der Waals surface area contributed by atoms with Gasteiger partial charge in [-0.3, -0.25) is 0 Å². The van der Waals surface area contributed by atoms with Crippen molar-refractivity contribution >= 4 is 21.6 Å². The van der Waals surface area contributed by atoms with Crippen molar-refractivity contribution in [3.05, 3.63) is 12.5 Å². The van der Waals surface area contributed by atoms with Gasteiger partial charge in [0.1, 0.15) is 0 Å². The molecule has 1 aromatic heterocycles. The maximum absolute atomic E-state index is 12.3. The number of aryl methyl sites for hydroxylation is 1. The lowest BCUT2D eigenvalue weighted by atomic mass is 9.84. The molecule has 0 atom stereocenters. The van der Waals surface area contributed by atoms with Crippen molar-refractivity contribution in [2.75, 3.05) is 5.88 Å². The molecular formula is C12H20ClN3O2S. The lowest BCUT2D eigenvalue weighted by molar-refractivity contribution is 0.297. The van der Waals surface area contributed by atoms with Gasteiger partial charge in [0.2, 0.25) is 0 Å². The van der Waals surface area contributed by atoms with Gasteiger partial charge in [-0.2, -0.15) is 0 Å². The van der Waals surface area contributed by atoms with Crippen molar-refractivity contribution in [2.45, 2.75) is 56.1 Å². The number of hydrogen-bond acceptors (Lipinski definition) is 3. The number of halogens is 1. The van der Waals surface area contributed by atoms with Crippen molar-refractivity contribution in [1.29, 1.82) is 0 Å². The fraction of sp³-hybridized carbons (Fsp3) is 0.750. The van der Waals surface area contributed by atoms with Crippen molar-refractivity contribution < 1.29 is 8.42 Å². The van der Waals surface area contributed by atoms with E-state index in [1.807, 2.05) is 6.92 Å². The summed E-state index contributed by atoms with van der Waals surface area (Å²) < 4.78 is 29.2. The fourth-order valence-electron chi connectivity index (χ4n) is 2.48. The van der Waals surface area contributed by atoms with Crippen LogP contribution in [0.25, 0.3) is 0 Å². The average molecular weight is 306 g/mol. The summed E-state index contributed by atoms with van der Waals surface area (Å²) in [7, 11) is -3.59. The first-order chi connectivity index (χ1) is 9.01. The van der Waals surface area contributed by atoms with Gasteiger partial charge in [0.15, 0.2) is 5.03 Å². The van der Waals surface area contributed by atoms with E-state index in [0.717, 1.165) is 32.1 Å². The summed E-state index contributed by atoms with van der Waals surface area (Å²) in [6.07, 6.45) is 7.84. The summed E-state index contributed by atoms with van der Waals surface area (Å²) >= 11 is 6.01. The van der Waals surface area contributed by atoms with Crippen LogP contribution in [-0.2, 0) is 16.6 Å². The first-order valence-electron chi connectivity index (χ1n) is 6.63. The lowest BCUT2D eigenvalue weighted by Gasteiger charge is -2.35. The molecule has 108 valence electrons. The van der Waals surface area contributed by atoms with Crippen molar-refractivity contribution in [3.8, 4) is 0 Å². The summed E-state index contributed by atoms with van der Waals surface area (Å²) in [6, 6.07) is 0. The minimum absolute atomic E-state index is 0.0735. The quantitative estimate of drug-likeness (QED) is 0.848. The van der Waals surface area contributed by atoms with Crippen molar-refractivity contribution in [2.24, 2.45) is 0 Å². The highest BCUT2D eigenvalue weighted by atomic mass is 35.5. The molecule has 0 bridgehead atoms. The van der Waals surface area contributed by atoms with E-state index in [-0.39, 0.29) is 5.03 Å². The Bertz CT molecular complexity index is 521. The second kappa shape index (κ2) is 5.81.